The van der Waals surface area contributed by atoms with Crippen LogP contribution in [0.3, 0.4) is 0 Å². The normalized spacial score (nSPS) is 13.1. The molecule has 0 fully saturated rings. The fourth-order valence-electron chi connectivity index (χ4n) is 2.08. The number of pyridine rings is 1. The fraction of sp³-hybridized carbons (Fsp3) is 0.231. The SMILES string of the molecule is COC(=O)c1c(-c2ccc3c(n2)OCC(=O)N3)cnn1C. The van der Waals surface area contributed by atoms with Crippen LogP contribution in [-0.2, 0) is 16.6 Å². The summed E-state index contributed by atoms with van der Waals surface area (Å²) in [6.07, 6.45) is 1.53. The van der Waals surface area contributed by atoms with E-state index in [-0.39, 0.29) is 12.5 Å². The zero-order valence-corrected chi connectivity index (χ0v) is 11.4. The van der Waals surface area contributed by atoms with Gasteiger partial charge in [0.15, 0.2) is 12.3 Å². The number of aromatic nitrogens is 3. The lowest BCUT2D eigenvalue weighted by molar-refractivity contribution is -0.118. The zero-order valence-electron chi connectivity index (χ0n) is 11.4. The maximum absolute atomic E-state index is 11.8. The first kappa shape index (κ1) is 13.1. The Hall–Kier alpha value is -2.90. The van der Waals surface area contributed by atoms with Gasteiger partial charge in [-0.05, 0) is 12.1 Å². The van der Waals surface area contributed by atoms with Crippen LogP contribution < -0.4 is 10.1 Å². The Labute approximate surface area is 119 Å². The van der Waals surface area contributed by atoms with Crippen molar-refractivity contribution in [3.8, 4) is 17.1 Å². The van der Waals surface area contributed by atoms with Gasteiger partial charge in [0.05, 0.1) is 24.6 Å². The lowest BCUT2D eigenvalue weighted by atomic mass is 10.1. The highest BCUT2D eigenvalue weighted by molar-refractivity contribution is 5.96. The van der Waals surface area contributed by atoms with Crippen molar-refractivity contribution in [2.45, 2.75) is 0 Å². The molecule has 1 N–H and O–H groups in total. The number of nitrogens with one attached hydrogen (secondary N) is 1. The number of hydrogen-bond donors (Lipinski definition) is 1. The molecule has 0 spiro atoms. The van der Waals surface area contributed by atoms with Gasteiger partial charge < -0.3 is 14.8 Å². The van der Waals surface area contributed by atoms with Gasteiger partial charge in [0.2, 0.25) is 5.88 Å². The largest absolute Gasteiger partial charge is 0.466 e. The average Bonchev–Trinajstić information content (AvgIpc) is 2.87. The molecule has 8 nitrogen and oxygen atoms in total. The summed E-state index contributed by atoms with van der Waals surface area (Å²) < 4.78 is 11.4. The van der Waals surface area contributed by atoms with Gasteiger partial charge in [-0.3, -0.25) is 9.48 Å². The predicted molar refractivity (Wildman–Crippen MR) is 71.9 cm³/mol. The summed E-state index contributed by atoms with van der Waals surface area (Å²) in [5.41, 5.74) is 1.84. The smallest absolute Gasteiger partial charge is 0.357 e. The molecule has 1 aliphatic heterocycles. The van der Waals surface area contributed by atoms with Gasteiger partial charge in [0.25, 0.3) is 5.91 Å². The van der Waals surface area contributed by atoms with Gasteiger partial charge in [-0.1, -0.05) is 0 Å². The van der Waals surface area contributed by atoms with Crippen molar-refractivity contribution >= 4 is 17.6 Å². The van der Waals surface area contributed by atoms with Crippen LogP contribution in [0.5, 0.6) is 5.88 Å². The molecule has 108 valence electrons. The Bertz CT molecular complexity index is 738. The number of carbonyl (C=O) groups excluding carboxylic acids is 2. The van der Waals surface area contributed by atoms with Gasteiger partial charge >= 0.3 is 5.97 Å². The van der Waals surface area contributed by atoms with Crippen LogP contribution in [0.2, 0.25) is 0 Å². The van der Waals surface area contributed by atoms with Gasteiger partial charge in [-0.15, -0.1) is 0 Å². The van der Waals surface area contributed by atoms with Gasteiger partial charge in [-0.2, -0.15) is 5.10 Å². The molecule has 3 heterocycles. The van der Waals surface area contributed by atoms with Gasteiger partial charge in [-0.25, -0.2) is 9.78 Å². The molecule has 0 bridgehead atoms. The molecule has 3 rings (SSSR count). The molecule has 0 radical (unpaired) electrons. The minimum Gasteiger partial charge on any atom is -0.466 e. The highest BCUT2D eigenvalue weighted by Crippen LogP contribution is 2.30. The molecule has 1 amide bonds. The molecule has 8 heteroatoms. The van der Waals surface area contributed by atoms with Gasteiger partial charge in [0, 0.05) is 7.05 Å². The van der Waals surface area contributed by atoms with E-state index >= 15 is 0 Å². The number of aryl methyl sites for hydroxylation is 1. The monoisotopic (exact) mass is 288 g/mol. The molecule has 2 aromatic heterocycles. The number of fused-ring (bicyclic) bond motifs is 1. The van der Waals surface area contributed by atoms with E-state index in [9.17, 15) is 9.59 Å². The fourth-order valence-corrected chi connectivity index (χ4v) is 2.08. The molecule has 0 saturated carbocycles. The highest BCUT2D eigenvalue weighted by Gasteiger charge is 2.22. The summed E-state index contributed by atoms with van der Waals surface area (Å²) in [5.74, 6) is -0.417. The second-order valence-corrected chi connectivity index (χ2v) is 4.41. The zero-order chi connectivity index (χ0) is 15.0. The van der Waals surface area contributed by atoms with Gasteiger partial charge in [0.1, 0.15) is 5.69 Å². The molecule has 2 aromatic rings. The minimum absolute atomic E-state index is 0.0830. The third-order valence-corrected chi connectivity index (χ3v) is 3.07. The highest BCUT2D eigenvalue weighted by atomic mass is 16.5. The molecule has 21 heavy (non-hydrogen) atoms. The summed E-state index contributed by atoms with van der Waals surface area (Å²) in [6, 6.07) is 3.35. The van der Waals surface area contributed by atoms with E-state index in [2.05, 4.69) is 15.4 Å². The number of anilines is 1. The third kappa shape index (κ3) is 2.20. The van der Waals surface area contributed by atoms with Crippen LogP contribution in [0.15, 0.2) is 18.3 Å². The van der Waals surface area contributed by atoms with Crippen molar-refractivity contribution in [1.29, 1.82) is 0 Å². The summed E-state index contributed by atoms with van der Waals surface area (Å²) in [7, 11) is 2.95. The molecule has 0 aliphatic carbocycles. The summed E-state index contributed by atoms with van der Waals surface area (Å²) in [5, 5.41) is 6.70. The molecule has 0 aromatic carbocycles. The molecule has 1 aliphatic rings. The summed E-state index contributed by atoms with van der Waals surface area (Å²) in [6.45, 7) is -0.0830. The number of amides is 1. The van der Waals surface area contributed by atoms with Crippen LogP contribution >= 0.6 is 0 Å². The molecule has 0 atom stereocenters. The summed E-state index contributed by atoms with van der Waals surface area (Å²) >= 11 is 0. The minimum atomic E-state index is -0.501. The molecule has 0 saturated heterocycles. The molecular weight excluding hydrogens is 276 g/mol. The maximum atomic E-state index is 11.8. The van der Waals surface area contributed by atoms with E-state index < -0.39 is 5.97 Å². The van der Waals surface area contributed by atoms with E-state index in [1.165, 1.54) is 18.0 Å². The number of hydrogen-bond acceptors (Lipinski definition) is 6. The first-order valence-electron chi connectivity index (χ1n) is 6.14. The second kappa shape index (κ2) is 4.89. The number of methoxy groups -OCH3 is 1. The topological polar surface area (TPSA) is 95.3 Å². The Morgan fingerprint density at radius 1 is 1.48 bits per heavy atom. The number of ether oxygens (including phenoxy) is 2. The first-order chi connectivity index (χ1) is 10.1. The van der Waals surface area contributed by atoms with Crippen molar-refractivity contribution < 1.29 is 19.1 Å². The molecular formula is C13H12N4O4. The lowest BCUT2D eigenvalue weighted by Crippen LogP contribution is -2.26. The van der Waals surface area contributed by atoms with Crippen molar-refractivity contribution in [3.63, 3.8) is 0 Å². The van der Waals surface area contributed by atoms with Crippen LogP contribution in [-0.4, -0.2) is 40.4 Å². The van der Waals surface area contributed by atoms with Crippen LogP contribution in [0.25, 0.3) is 11.3 Å². The Morgan fingerprint density at radius 2 is 2.29 bits per heavy atom. The van der Waals surface area contributed by atoms with Crippen LogP contribution in [0, 0.1) is 0 Å². The third-order valence-electron chi connectivity index (χ3n) is 3.07. The number of carbonyl (C=O) groups is 2. The van der Waals surface area contributed by atoms with Crippen molar-refractivity contribution in [2.75, 3.05) is 19.0 Å². The summed E-state index contributed by atoms with van der Waals surface area (Å²) in [4.78, 5) is 27.4. The Kier molecular flexibility index (Phi) is 3.05. The second-order valence-electron chi connectivity index (χ2n) is 4.41. The Morgan fingerprint density at radius 3 is 3.05 bits per heavy atom. The van der Waals surface area contributed by atoms with Crippen molar-refractivity contribution in [1.82, 2.24) is 14.8 Å². The van der Waals surface area contributed by atoms with E-state index in [0.29, 0.717) is 28.5 Å². The standard InChI is InChI=1S/C13H12N4O4/c1-17-11(13(19)20-2)7(5-14-17)8-3-4-9-12(16-8)21-6-10(18)15-9/h3-5H,6H2,1-2H3,(H,15,18). The van der Waals surface area contributed by atoms with E-state index in [1.54, 1.807) is 19.2 Å². The number of esters is 1. The quantitative estimate of drug-likeness (QED) is 0.813. The number of nitrogens with zero attached hydrogens (tertiary/aromatic N) is 3. The lowest BCUT2D eigenvalue weighted by Gasteiger charge is -2.17. The van der Waals surface area contributed by atoms with E-state index in [4.69, 9.17) is 9.47 Å². The molecule has 0 unspecified atom stereocenters. The predicted octanol–water partition coefficient (Wildman–Crippen LogP) is 0.600. The van der Waals surface area contributed by atoms with E-state index in [0.717, 1.165) is 0 Å². The van der Waals surface area contributed by atoms with Crippen molar-refractivity contribution in [3.05, 3.63) is 24.0 Å². The van der Waals surface area contributed by atoms with Crippen LogP contribution in [0.1, 0.15) is 10.5 Å². The van der Waals surface area contributed by atoms with Crippen LogP contribution in [0.4, 0.5) is 5.69 Å². The van der Waals surface area contributed by atoms with Crippen molar-refractivity contribution in [2.24, 2.45) is 7.05 Å². The maximum Gasteiger partial charge on any atom is 0.357 e. The number of rotatable bonds is 2. The Balaban J connectivity index is 2.06. The first-order valence-corrected chi connectivity index (χ1v) is 6.14. The average molecular weight is 288 g/mol. The van der Waals surface area contributed by atoms with E-state index in [1.807, 2.05) is 0 Å².